The summed E-state index contributed by atoms with van der Waals surface area (Å²) in [6.07, 6.45) is 2.92. The fourth-order valence-corrected chi connectivity index (χ4v) is 1.78. The zero-order valence-electron chi connectivity index (χ0n) is 9.51. The van der Waals surface area contributed by atoms with Gasteiger partial charge in [-0.3, -0.25) is 0 Å². The molecule has 1 aliphatic rings. The maximum atomic E-state index is 5.60. The van der Waals surface area contributed by atoms with Crippen molar-refractivity contribution in [3.05, 3.63) is 0 Å². The Kier molecular flexibility index (Phi) is 6.15. The van der Waals surface area contributed by atoms with Crippen LogP contribution in [0.3, 0.4) is 0 Å². The first-order valence-electron chi connectivity index (χ1n) is 5.89. The summed E-state index contributed by atoms with van der Waals surface area (Å²) in [5, 5.41) is 6.83. The van der Waals surface area contributed by atoms with Crippen LogP contribution in [0.1, 0.15) is 26.7 Å². The van der Waals surface area contributed by atoms with Gasteiger partial charge in [0.15, 0.2) is 0 Å². The minimum absolute atomic E-state index is 0.373. The molecule has 1 aliphatic heterocycles. The number of ether oxygens (including phenoxy) is 1. The number of hydrogen-bond acceptors (Lipinski definition) is 3. The van der Waals surface area contributed by atoms with Crippen LogP contribution in [-0.4, -0.2) is 38.9 Å². The van der Waals surface area contributed by atoms with Gasteiger partial charge in [-0.2, -0.15) is 0 Å². The Morgan fingerprint density at radius 2 is 2.21 bits per heavy atom. The molecule has 0 aromatic heterocycles. The van der Waals surface area contributed by atoms with Crippen molar-refractivity contribution in [1.82, 2.24) is 10.6 Å². The smallest absolute Gasteiger partial charge is 0.0824 e. The third-order valence-electron chi connectivity index (χ3n) is 2.96. The highest BCUT2D eigenvalue weighted by Crippen LogP contribution is 2.05. The van der Waals surface area contributed by atoms with Crippen LogP contribution in [0.15, 0.2) is 0 Å². The van der Waals surface area contributed by atoms with E-state index in [1.54, 1.807) is 0 Å². The van der Waals surface area contributed by atoms with Crippen molar-refractivity contribution < 1.29 is 4.74 Å². The molecule has 1 unspecified atom stereocenters. The average molecular weight is 200 g/mol. The van der Waals surface area contributed by atoms with E-state index in [1.165, 1.54) is 12.8 Å². The largest absolute Gasteiger partial charge is 0.374 e. The second kappa shape index (κ2) is 7.21. The zero-order valence-corrected chi connectivity index (χ0v) is 9.51. The van der Waals surface area contributed by atoms with Gasteiger partial charge in [-0.1, -0.05) is 26.7 Å². The second-order valence-electron chi connectivity index (χ2n) is 4.04. The molecular weight excluding hydrogens is 176 g/mol. The molecule has 0 spiro atoms. The Labute approximate surface area is 87.6 Å². The van der Waals surface area contributed by atoms with E-state index in [0.29, 0.717) is 6.10 Å². The highest BCUT2D eigenvalue weighted by atomic mass is 16.5. The SMILES string of the molecule is CCC(CC)CNCC1CNCCO1. The minimum Gasteiger partial charge on any atom is -0.374 e. The third kappa shape index (κ3) is 4.40. The molecular formula is C11H24N2O. The molecule has 0 amide bonds. The van der Waals surface area contributed by atoms with Crippen LogP contribution in [0.4, 0.5) is 0 Å². The van der Waals surface area contributed by atoms with Gasteiger partial charge in [0.25, 0.3) is 0 Å². The first-order valence-corrected chi connectivity index (χ1v) is 5.89. The average Bonchev–Trinajstić information content (AvgIpc) is 2.26. The summed E-state index contributed by atoms with van der Waals surface area (Å²) < 4.78 is 5.60. The van der Waals surface area contributed by atoms with E-state index in [0.717, 1.165) is 38.7 Å². The van der Waals surface area contributed by atoms with E-state index in [-0.39, 0.29) is 0 Å². The molecule has 1 heterocycles. The van der Waals surface area contributed by atoms with Crippen molar-refractivity contribution in [3.8, 4) is 0 Å². The van der Waals surface area contributed by atoms with Crippen LogP contribution in [-0.2, 0) is 4.74 Å². The van der Waals surface area contributed by atoms with Crippen molar-refractivity contribution in [3.63, 3.8) is 0 Å². The molecule has 1 saturated heterocycles. The molecule has 0 aliphatic carbocycles. The number of nitrogens with one attached hydrogen (secondary N) is 2. The number of hydrogen-bond donors (Lipinski definition) is 2. The normalized spacial score (nSPS) is 22.9. The monoisotopic (exact) mass is 200 g/mol. The summed E-state index contributed by atoms with van der Waals surface area (Å²) in [5.74, 6) is 0.826. The Morgan fingerprint density at radius 3 is 2.79 bits per heavy atom. The molecule has 0 aromatic rings. The minimum atomic E-state index is 0.373. The van der Waals surface area contributed by atoms with Crippen LogP contribution >= 0.6 is 0 Å². The molecule has 1 rings (SSSR count). The van der Waals surface area contributed by atoms with Crippen molar-refractivity contribution >= 4 is 0 Å². The van der Waals surface area contributed by atoms with Crippen LogP contribution in [0.5, 0.6) is 0 Å². The van der Waals surface area contributed by atoms with Gasteiger partial charge in [0, 0.05) is 19.6 Å². The van der Waals surface area contributed by atoms with Crippen molar-refractivity contribution in [2.45, 2.75) is 32.8 Å². The fourth-order valence-electron chi connectivity index (χ4n) is 1.78. The summed E-state index contributed by atoms with van der Waals surface area (Å²) in [6, 6.07) is 0. The molecule has 1 fully saturated rings. The van der Waals surface area contributed by atoms with Crippen molar-refractivity contribution in [1.29, 1.82) is 0 Å². The Bertz CT molecular complexity index is 131. The van der Waals surface area contributed by atoms with Gasteiger partial charge in [-0.05, 0) is 12.5 Å². The van der Waals surface area contributed by atoms with Gasteiger partial charge in [0.1, 0.15) is 0 Å². The predicted octanol–water partition coefficient (Wildman–Crippen LogP) is 1.00. The van der Waals surface area contributed by atoms with E-state index < -0.39 is 0 Å². The molecule has 0 radical (unpaired) electrons. The van der Waals surface area contributed by atoms with E-state index in [1.807, 2.05) is 0 Å². The lowest BCUT2D eigenvalue weighted by molar-refractivity contribution is 0.0287. The predicted molar refractivity (Wildman–Crippen MR) is 59.6 cm³/mol. The standard InChI is InChI=1S/C11H24N2O/c1-3-10(4-2)7-13-9-11-8-12-5-6-14-11/h10-13H,3-9H2,1-2H3. The maximum absolute atomic E-state index is 5.60. The van der Waals surface area contributed by atoms with Crippen molar-refractivity contribution in [2.24, 2.45) is 5.92 Å². The van der Waals surface area contributed by atoms with E-state index in [9.17, 15) is 0 Å². The molecule has 0 saturated carbocycles. The highest BCUT2D eigenvalue weighted by molar-refractivity contribution is 4.70. The molecule has 0 bridgehead atoms. The quantitative estimate of drug-likeness (QED) is 0.671. The van der Waals surface area contributed by atoms with Crippen LogP contribution in [0, 0.1) is 5.92 Å². The lowest BCUT2D eigenvalue weighted by Crippen LogP contribution is -2.44. The molecule has 84 valence electrons. The van der Waals surface area contributed by atoms with E-state index in [2.05, 4.69) is 24.5 Å². The van der Waals surface area contributed by atoms with Gasteiger partial charge in [-0.15, -0.1) is 0 Å². The second-order valence-corrected chi connectivity index (χ2v) is 4.04. The first-order chi connectivity index (χ1) is 6.86. The van der Waals surface area contributed by atoms with Crippen molar-refractivity contribution in [2.75, 3.05) is 32.8 Å². The molecule has 14 heavy (non-hydrogen) atoms. The Morgan fingerprint density at radius 1 is 1.43 bits per heavy atom. The van der Waals surface area contributed by atoms with E-state index >= 15 is 0 Å². The Hall–Kier alpha value is -0.120. The summed E-state index contributed by atoms with van der Waals surface area (Å²) in [6.45, 7) is 9.50. The van der Waals surface area contributed by atoms with Crippen LogP contribution in [0.25, 0.3) is 0 Å². The molecule has 3 nitrogen and oxygen atoms in total. The highest BCUT2D eigenvalue weighted by Gasteiger charge is 2.12. The van der Waals surface area contributed by atoms with Gasteiger partial charge in [0.05, 0.1) is 12.7 Å². The van der Waals surface area contributed by atoms with Crippen LogP contribution < -0.4 is 10.6 Å². The number of rotatable bonds is 6. The first kappa shape index (κ1) is 12.0. The van der Waals surface area contributed by atoms with Gasteiger partial charge < -0.3 is 15.4 Å². The summed E-state index contributed by atoms with van der Waals surface area (Å²) >= 11 is 0. The molecule has 1 atom stereocenters. The molecule has 2 N–H and O–H groups in total. The zero-order chi connectivity index (χ0) is 10.2. The summed E-state index contributed by atoms with van der Waals surface area (Å²) in [5.41, 5.74) is 0. The van der Waals surface area contributed by atoms with Gasteiger partial charge in [0.2, 0.25) is 0 Å². The molecule has 0 aromatic carbocycles. The number of morpholine rings is 1. The molecule has 3 heteroatoms. The lowest BCUT2D eigenvalue weighted by atomic mass is 10.0. The van der Waals surface area contributed by atoms with E-state index in [4.69, 9.17) is 4.74 Å². The van der Waals surface area contributed by atoms with Crippen LogP contribution in [0.2, 0.25) is 0 Å². The van der Waals surface area contributed by atoms with Gasteiger partial charge >= 0.3 is 0 Å². The Balaban J connectivity index is 2.01. The van der Waals surface area contributed by atoms with Gasteiger partial charge in [-0.25, -0.2) is 0 Å². The third-order valence-corrected chi connectivity index (χ3v) is 2.96. The topological polar surface area (TPSA) is 33.3 Å². The fraction of sp³-hybridized carbons (Fsp3) is 1.00. The summed E-state index contributed by atoms with van der Waals surface area (Å²) in [4.78, 5) is 0. The lowest BCUT2D eigenvalue weighted by Gasteiger charge is -2.24. The summed E-state index contributed by atoms with van der Waals surface area (Å²) in [7, 11) is 0. The maximum Gasteiger partial charge on any atom is 0.0824 e.